The van der Waals surface area contributed by atoms with Crippen LogP contribution in [-0.4, -0.2) is 48.6 Å². The van der Waals surface area contributed by atoms with Crippen molar-refractivity contribution in [1.29, 1.82) is 0 Å². The van der Waals surface area contributed by atoms with Gasteiger partial charge in [0, 0.05) is 19.1 Å². The van der Waals surface area contributed by atoms with Crippen molar-refractivity contribution < 1.29 is 8.42 Å². The minimum absolute atomic E-state index is 0.196. The second kappa shape index (κ2) is 5.22. The van der Waals surface area contributed by atoms with Gasteiger partial charge >= 0.3 is 0 Å². The van der Waals surface area contributed by atoms with Gasteiger partial charge in [-0.25, -0.2) is 8.42 Å². The molecule has 3 rings (SSSR count). The zero-order valence-corrected chi connectivity index (χ0v) is 11.7. The fourth-order valence-electron chi connectivity index (χ4n) is 2.50. The van der Waals surface area contributed by atoms with Crippen molar-refractivity contribution in [2.24, 2.45) is 5.92 Å². The van der Waals surface area contributed by atoms with E-state index in [-0.39, 0.29) is 5.03 Å². The van der Waals surface area contributed by atoms with Crippen LogP contribution in [0.1, 0.15) is 25.7 Å². The Bertz CT molecular complexity index is 502. The van der Waals surface area contributed by atoms with Gasteiger partial charge in [-0.1, -0.05) is 0 Å². The summed E-state index contributed by atoms with van der Waals surface area (Å²) in [6.45, 7) is 2.25. The first-order valence-electron chi connectivity index (χ1n) is 6.89. The first kappa shape index (κ1) is 13.1. The SMILES string of the molecule is O=S(=O)(c1ccn[nH]1)N1CCC(CNC2CC2)CC1. The number of rotatable bonds is 5. The molecule has 0 bridgehead atoms. The highest BCUT2D eigenvalue weighted by Crippen LogP contribution is 2.24. The van der Waals surface area contributed by atoms with Crippen molar-refractivity contribution in [2.45, 2.75) is 36.8 Å². The van der Waals surface area contributed by atoms with Gasteiger partial charge in [0.15, 0.2) is 5.03 Å². The van der Waals surface area contributed by atoms with E-state index in [1.807, 2.05) is 0 Å². The summed E-state index contributed by atoms with van der Waals surface area (Å²) in [5.74, 6) is 0.605. The number of piperidine rings is 1. The lowest BCUT2D eigenvalue weighted by Gasteiger charge is -2.30. The fraction of sp³-hybridized carbons (Fsp3) is 0.750. The molecule has 0 amide bonds. The molecule has 2 fully saturated rings. The zero-order chi connectivity index (χ0) is 13.3. The maximum absolute atomic E-state index is 12.3. The van der Waals surface area contributed by atoms with Crippen LogP contribution in [0.15, 0.2) is 17.3 Å². The molecular weight excluding hydrogens is 264 g/mol. The van der Waals surface area contributed by atoms with Gasteiger partial charge in [-0.15, -0.1) is 0 Å². The Balaban J connectivity index is 1.54. The van der Waals surface area contributed by atoms with Crippen LogP contribution in [0.2, 0.25) is 0 Å². The predicted octanol–water partition coefficient (Wildman–Crippen LogP) is 0.562. The van der Waals surface area contributed by atoms with Gasteiger partial charge in [0.25, 0.3) is 10.0 Å². The van der Waals surface area contributed by atoms with Gasteiger partial charge in [0.05, 0.1) is 6.20 Å². The first-order chi connectivity index (χ1) is 9.16. The van der Waals surface area contributed by atoms with Crippen molar-refractivity contribution in [3.05, 3.63) is 12.3 Å². The number of hydrogen-bond acceptors (Lipinski definition) is 4. The van der Waals surface area contributed by atoms with Crippen molar-refractivity contribution in [3.8, 4) is 0 Å². The van der Waals surface area contributed by atoms with E-state index in [1.54, 1.807) is 4.31 Å². The van der Waals surface area contributed by atoms with Crippen molar-refractivity contribution in [3.63, 3.8) is 0 Å². The maximum atomic E-state index is 12.3. The Morgan fingerprint density at radius 1 is 1.32 bits per heavy atom. The topological polar surface area (TPSA) is 78.1 Å². The van der Waals surface area contributed by atoms with E-state index in [0.717, 1.165) is 25.4 Å². The van der Waals surface area contributed by atoms with E-state index in [9.17, 15) is 8.42 Å². The van der Waals surface area contributed by atoms with Crippen LogP contribution in [0, 0.1) is 5.92 Å². The Morgan fingerprint density at radius 2 is 2.05 bits per heavy atom. The lowest BCUT2D eigenvalue weighted by Crippen LogP contribution is -2.41. The second-order valence-corrected chi connectivity index (χ2v) is 7.36. The van der Waals surface area contributed by atoms with Crippen LogP contribution in [-0.2, 0) is 10.0 Å². The smallest absolute Gasteiger partial charge is 0.259 e. The molecule has 106 valence electrons. The number of nitrogens with zero attached hydrogens (tertiary/aromatic N) is 2. The molecule has 1 aliphatic heterocycles. The average molecular weight is 284 g/mol. The summed E-state index contributed by atoms with van der Waals surface area (Å²) in [5.41, 5.74) is 0. The molecule has 19 heavy (non-hydrogen) atoms. The second-order valence-electron chi connectivity index (χ2n) is 5.45. The summed E-state index contributed by atoms with van der Waals surface area (Å²) >= 11 is 0. The third kappa shape index (κ3) is 2.98. The number of nitrogens with one attached hydrogen (secondary N) is 2. The highest BCUT2D eigenvalue weighted by molar-refractivity contribution is 7.89. The number of hydrogen-bond donors (Lipinski definition) is 2. The molecular formula is C12H20N4O2S. The summed E-state index contributed by atoms with van der Waals surface area (Å²) < 4.78 is 26.1. The minimum Gasteiger partial charge on any atom is -0.314 e. The standard InChI is InChI=1S/C12H20N4O2S/c17-19(18,12-3-6-14-15-12)16-7-4-10(5-8-16)9-13-11-1-2-11/h3,6,10-11,13H,1-2,4-5,7-9H2,(H,14,15). The van der Waals surface area contributed by atoms with Crippen molar-refractivity contribution >= 4 is 10.0 Å². The Morgan fingerprint density at radius 3 is 2.63 bits per heavy atom. The molecule has 1 aliphatic carbocycles. The van der Waals surface area contributed by atoms with Gasteiger partial charge in [0.1, 0.15) is 0 Å². The van der Waals surface area contributed by atoms with Gasteiger partial charge < -0.3 is 5.32 Å². The zero-order valence-electron chi connectivity index (χ0n) is 10.9. The molecule has 0 unspecified atom stereocenters. The van der Waals surface area contributed by atoms with Crippen molar-refractivity contribution in [1.82, 2.24) is 19.8 Å². The van der Waals surface area contributed by atoms with Crippen LogP contribution in [0.3, 0.4) is 0 Å². The minimum atomic E-state index is -3.37. The quantitative estimate of drug-likeness (QED) is 0.828. The number of sulfonamides is 1. The summed E-state index contributed by atoms with van der Waals surface area (Å²) in [7, 11) is -3.37. The lowest BCUT2D eigenvalue weighted by atomic mass is 9.98. The highest BCUT2D eigenvalue weighted by atomic mass is 32.2. The largest absolute Gasteiger partial charge is 0.314 e. The van der Waals surface area contributed by atoms with Gasteiger partial charge in [0.2, 0.25) is 0 Å². The van der Waals surface area contributed by atoms with Gasteiger partial charge in [-0.3, -0.25) is 5.10 Å². The van der Waals surface area contributed by atoms with E-state index in [1.165, 1.54) is 25.1 Å². The third-order valence-electron chi connectivity index (χ3n) is 3.94. The molecule has 2 heterocycles. The van der Waals surface area contributed by atoms with Crippen LogP contribution in [0.4, 0.5) is 0 Å². The highest BCUT2D eigenvalue weighted by Gasteiger charge is 2.31. The number of aromatic amines is 1. The molecule has 7 heteroatoms. The van der Waals surface area contributed by atoms with E-state index < -0.39 is 10.0 Å². The summed E-state index contributed by atoms with van der Waals surface area (Å²) in [5, 5.41) is 9.98. The van der Waals surface area contributed by atoms with Gasteiger partial charge in [-0.05, 0) is 44.2 Å². The summed E-state index contributed by atoms with van der Waals surface area (Å²) in [6, 6.07) is 2.24. The lowest BCUT2D eigenvalue weighted by molar-refractivity contribution is 0.266. The van der Waals surface area contributed by atoms with Crippen LogP contribution in [0.25, 0.3) is 0 Å². The van der Waals surface area contributed by atoms with Crippen molar-refractivity contribution in [2.75, 3.05) is 19.6 Å². The van der Waals surface area contributed by atoms with E-state index >= 15 is 0 Å². The molecule has 0 aromatic carbocycles. The molecule has 6 nitrogen and oxygen atoms in total. The van der Waals surface area contributed by atoms with Crippen LogP contribution >= 0.6 is 0 Å². The molecule has 1 aromatic rings. The maximum Gasteiger partial charge on any atom is 0.259 e. The molecule has 0 spiro atoms. The van der Waals surface area contributed by atoms with Crippen LogP contribution in [0.5, 0.6) is 0 Å². The first-order valence-corrected chi connectivity index (χ1v) is 8.33. The summed E-state index contributed by atoms with van der Waals surface area (Å²) in [4.78, 5) is 0. The fourth-order valence-corrected chi connectivity index (χ4v) is 3.87. The molecule has 2 N–H and O–H groups in total. The molecule has 1 saturated carbocycles. The summed E-state index contributed by atoms with van der Waals surface area (Å²) in [6.07, 6.45) is 5.94. The predicted molar refractivity (Wildman–Crippen MR) is 71.1 cm³/mol. The molecule has 0 radical (unpaired) electrons. The molecule has 2 aliphatic rings. The van der Waals surface area contributed by atoms with Crippen LogP contribution < -0.4 is 5.32 Å². The van der Waals surface area contributed by atoms with E-state index in [2.05, 4.69) is 15.5 Å². The third-order valence-corrected chi connectivity index (χ3v) is 5.77. The number of aromatic nitrogens is 2. The van der Waals surface area contributed by atoms with E-state index in [4.69, 9.17) is 0 Å². The molecule has 0 atom stereocenters. The molecule has 1 aromatic heterocycles. The van der Waals surface area contributed by atoms with Gasteiger partial charge in [-0.2, -0.15) is 9.40 Å². The molecule has 1 saturated heterocycles. The monoisotopic (exact) mass is 284 g/mol. The Hall–Kier alpha value is -0.920. The average Bonchev–Trinajstić information content (AvgIpc) is 3.07. The number of H-pyrrole nitrogens is 1. The Labute approximate surface area is 113 Å². The Kier molecular flexibility index (Phi) is 3.60. The normalized spacial score (nSPS) is 22.7. The van der Waals surface area contributed by atoms with E-state index in [0.29, 0.717) is 19.0 Å².